The van der Waals surface area contributed by atoms with Crippen molar-refractivity contribution in [3.63, 3.8) is 0 Å². The quantitative estimate of drug-likeness (QED) is 0.606. The lowest BCUT2D eigenvalue weighted by atomic mass is 10.1. The van der Waals surface area contributed by atoms with Crippen LogP contribution in [-0.4, -0.2) is 29.8 Å². The number of benzene rings is 1. The average molecular weight is 266 g/mol. The highest BCUT2D eigenvalue weighted by Gasteiger charge is 2.18. The monoisotopic (exact) mass is 265 g/mol. The van der Waals surface area contributed by atoms with Crippen LogP contribution in [0.25, 0.3) is 0 Å². The van der Waals surface area contributed by atoms with Gasteiger partial charge < -0.3 is 4.90 Å². The highest BCUT2D eigenvalue weighted by atomic mass is 35.5. The van der Waals surface area contributed by atoms with Crippen LogP contribution in [0.4, 0.5) is 13.2 Å². The molecule has 0 spiro atoms. The number of amides is 1. The first-order chi connectivity index (χ1) is 8.01. The van der Waals surface area contributed by atoms with Crippen LogP contribution in [0.15, 0.2) is 12.1 Å². The van der Waals surface area contributed by atoms with Gasteiger partial charge in [-0.1, -0.05) is 0 Å². The second-order valence-electron chi connectivity index (χ2n) is 3.33. The Morgan fingerprint density at radius 1 is 1.29 bits per heavy atom. The minimum absolute atomic E-state index is 0.214. The topological polar surface area (TPSA) is 20.3 Å². The Hall–Kier alpha value is -1.23. The Labute approximate surface area is 102 Å². The molecule has 0 aliphatic carbocycles. The van der Waals surface area contributed by atoms with E-state index in [2.05, 4.69) is 0 Å². The molecule has 0 aromatic heterocycles. The fraction of sp³-hybridized carbons (Fsp3) is 0.364. The summed E-state index contributed by atoms with van der Waals surface area (Å²) in [4.78, 5) is 13.1. The lowest BCUT2D eigenvalue weighted by molar-refractivity contribution is 0.0772. The molecule has 1 rings (SSSR count). The van der Waals surface area contributed by atoms with Crippen molar-refractivity contribution in [1.29, 1.82) is 0 Å². The van der Waals surface area contributed by atoms with Crippen molar-refractivity contribution in [3.05, 3.63) is 35.1 Å². The van der Waals surface area contributed by atoms with E-state index in [1.807, 2.05) is 0 Å². The molecule has 0 aliphatic rings. The summed E-state index contributed by atoms with van der Waals surface area (Å²) in [6.07, 6.45) is 0. The van der Waals surface area contributed by atoms with Crippen LogP contribution in [0.2, 0.25) is 0 Å². The number of halogens is 4. The largest absolute Gasteiger partial charge is 0.338 e. The molecule has 0 atom stereocenters. The van der Waals surface area contributed by atoms with Gasteiger partial charge in [0.05, 0.1) is 0 Å². The van der Waals surface area contributed by atoms with Gasteiger partial charge in [-0.05, 0) is 19.1 Å². The maximum Gasteiger partial charge on any atom is 0.254 e. The van der Waals surface area contributed by atoms with Gasteiger partial charge in [-0.25, -0.2) is 13.2 Å². The molecule has 0 saturated carbocycles. The average Bonchev–Trinajstić information content (AvgIpc) is 2.31. The van der Waals surface area contributed by atoms with Crippen molar-refractivity contribution >= 4 is 17.5 Å². The molecule has 6 heteroatoms. The van der Waals surface area contributed by atoms with E-state index in [4.69, 9.17) is 11.6 Å². The van der Waals surface area contributed by atoms with Gasteiger partial charge in [-0.3, -0.25) is 4.79 Å². The summed E-state index contributed by atoms with van der Waals surface area (Å²) in [5.74, 6) is -4.70. The second-order valence-corrected chi connectivity index (χ2v) is 3.71. The highest BCUT2D eigenvalue weighted by molar-refractivity contribution is 6.18. The third kappa shape index (κ3) is 3.12. The molecule has 2 nitrogen and oxygen atoms in total. The standard InChI is InChI=1S/C11H11ClF3NO/c1-2-16(4-3-12)11(17)7-5-8(13)10(15)9(14)6-7/h5-6H,2-4H2,1H3. The van der Waals surface area contributed by atoms with Crippen molar-refractivity contribution in [1.82, 2.24) is 4.90 Å². The number of carbonyl (C=O) groups excluding carboxylic acids is 1. The van der Waals surface area contributed by atoms with Gasteiger partial charge in [0, 0.05) is 24.5 Å². The zero-order valence-electron chi connectivity index (χ0n) is 9.14. The molecule has 0 saturated heterocycles. The Morgan fingerprint density at radius 2 is 1.82 bits per heavy atom. The Balaban J connectivity index is 3.03. The molecule has 0 N–H and O–H groups in total. The molecule has 0 aliphatic heterocycles. The summed E-state index contributed by atoms with van der Waals surface area (Å²) in [6.45, 7) is 2.32. The van der Waals surface area contributed by atoms with Crippen LogP contribution in [0.5, 0.6) is 0 Å². The van der Waals surface area contributed by atoms with Crippen LogP contribution in [0, 0.1) is 17.5 Å². The first-order valence-electron chi connectivity index (χ1n) is 5.01. The molecule has 0 radical (unpaired) electrons. The highest BCUT2D eigenvalue weighted by Crippen LogP contribution is 2.15. The minimum Gasteiger partial charge on any atom is -0.338 e. The molecule has 0 heterocycles. The number of alkyl halides is 1. The van der Waals surface area contributed by atoms with Crippen molar-refractivity contribution < 1.29 is 18.0 Å². The molecular formula is C11H11ClF3NO. The van der Waals surface area contributed by atoms with Crippen LogP contribution in [-0.2, 0) is 0 Å². The Bertz CT molecular complexity index is 402. The normalized spacial score (nSPS) is 10.4. The van der Waals surface area contributed by atoms with Crippen LogP contribution in [0.3, 0.4) is 0 Å². The van der Waals surface area contributed by atoms with Crippen LogP contribution in [0.1, 0.15) is 17.3 Å². The molecule has 0 fully saturated rings. The van der Waals surface area contributed by atoms with Gasteiger partial charge in [-0.2, -0.15) is 0 Å². The number of nitrogens with zero attached hydrogens (tertiary/aromatic N) is 1. The summed E-state index contributed by atoms with van der Waals surface area (Å²) >= 11 is 5.49. The van der Waals surface area contributed by atoms with Gasteiger partial charge in [0.2, 0.25) is 0 Å². The van der Waals surface area contributed by atoms with E-state index < -0.39 is 23.4 Å². The van der Waals surface area contributed by atoms with E-state index >= 15 is 0 Å². The second kappa shape index (κ2) is 5.91. The number of rotatable bonds is 4. The van der Waals surface area contributed by atoms with E-state index in [0.717, 1.165) is 0 Å². The van der Waals surface area contributed by atoms with E-state index in [9.17, 15) is 18.0 Å². The van der Waals surface area contributed by atoms with E-state index in [0.29, 0.717) is 18.7 Å². The molecule has 0 unspecified atom stereocenters. The summed E-state index contributed by atoms with van der Waals surface area (Å²) in [5, 5.41) is 0. The van der Waals surface area contributed by atoms with Crippen molar-refractivity contribution in [2.45, 2.75) is 6.92 Å². The first-order valence-corrected chi connectivity index (χ1v) is 5.54. The summed E-state index contributed by atoms with van der Waals surface area (Å²) in [5.41, 5.74) is -0.228. The lowest BCUT2D eigenvalue weighted by Gasteiger charge is -2.19. The Kier molecular flexibility index (Phi) is 4.81. The van der Waals surface area contributed by atoms with E-state index in [1.165, 1.54) is 4.90 Å². The van der Waals surface area contributed by atoms with Crippen molar-refractivity contribution in [3.8, 4) is 0 Å². The van der Waals surface area contributed by atoms with Crippen molar-refractivity contribution in [2.75, 3.05) is 19.0 Å². The van der Waals surface area contributed by atoms with Gasteiger partial charge in [0.1, 0.15) is 0 Å². The first kappa shape index (κ1) is 13.8. The predicted octanol–water partition coefficient (Wildman–Crippen LogP) is 2.80. The molecule has 1 aromatic carbocycles. The van der Waals surface area contributed by atoms with Gasteiger partial charge in [-0.15, -0.1) is 11.6 Å². The number of hydrogen-bond acceptors (Lipinski definition) is 1. The number of carbonyl (C=O) groups is 1. The summed E-state index contributed by atoms with van der Waals surface area (Å²) in [7, 11) is 0. The minimum atomic E-state index is -1.58. The lowest BCUT2D eigenvalue weighted by Crippen LogP contribution is -2.32. The summed E-state index contributed by atoms with van der Waals surface area (Å²) in [6, 6.07) is 1.36. The third-order valence-electron chi connectivity index (χ3n) is 2.25. The third-order valence-corrected chi connectivity index (χ3v) is 2.42. The SMILES string of the molecule is CCN(CCCl)C(=O)c1cc(F)c(F)c(F)c1. The molecular weight excluding hydrogens is 255 g/mol. The molecule has 17 heavy (non-hydrogen) atoms. The molecule has 94 valence electrons. The zero-order valence-corrected chi connectivity index (χ0v) is 9.90. The van der Waals surface area contributed by atoms with Gasteiger partial charge >= 0.3 is 0 Å². The van der Waals surface area contributed by atoms with E-state index in [-0.39, 0.29) is 18.0 Å². The maximum absolute atomic E-state index is 12.9. The summed E-state index contributed by atoms with van der Waals surface area (Å²) < 4.78 is 38.6. The molecule has 1 amide bonds. The van der Waals surface area contributed by atoms with E-state index in [1.54, 1.807) is 6.92 Å². The van der Waals surface area contributed by atoms with Crippen LogP contribution < -0.4 is 0 Å². The fourth-order valence-electron chi connectivity index (χ4n) is 1.37. The zero-order chi connectivity index (χ0) is 13.0. The smallest absolute Gasteiger partial charge is 0.254 e. The van der Waals surface area contributed by atoms with Gasteiger partial charge in [0.25, 0.3) is 5.91 Å². The van der Waals surface area contributed by atoms with Crippen molar-refractivity contribution in [2.24, 2.45) is 0 Å². The predicted molar refractivity (Wildman–Crippen MR) is 58.6 cm³/mol. The Morgan fingerprint density at radius 3 is 2.24 bits per heavy atom. The maximum atomic E-state index is 12.9. The fourth-order valence-corrected chi connectivity index (χ4v) is 1.57. The van der Waals surface area contributed by atoms with Crippen LogP contribution >= 0.6 is 11.6 Å². The molecule has 1 aromatic rings. The number of hydrogen-bond donors (Lipinski definition) is 0. The molecule has 0 bridgehead atoms. The van der Waals surface area contributed by atoms with Gasteiger partial charge in [0.15, 0.2) is 17.5 Å².